The molecule has 1 atom stereocenters. The number of nitrogens with one attached hydrogen (secondary N) is 1. The van der Waals surface area contributed by atoms with Crippen molar-refractivity contribution < 1.29 is 9.21 Å². The minimum atomic E-state index is -0.0761. The molecule has 4 rings (SSSR count). The molecule has 0 saturated heterocycles. The van der Waals surface area contributed by atoms with E-state index in [-0.39, 0.29) is 5.91 Å². The van der Waals surface area contributed by atoms with Gasteiger partial charge in [-0.15, -0.1) is 11.8 Å². The Morgan fingerprint density at radius 3 is 2.71 bits per heavy atom. The Morgan fingerprint density at radius 2 is 1.94 bits per heavy atom. The second kappa shape index (κ2) is 9.58. The number of carbonyl (C=O) groups excluding carboxylic acids is 1. The molecule has 0 fully saturated rings. The van der Waals surface area contributed by atoms with E-state index in [1.165, 1.54) is 17.3 Å². The van der Waals surface area contributed by atoms with Crippen LogP contribution in [0, 0.1) is 0 Å². The number of nitrogens with zero attached hydrogens (tertiary/aromatic N) is 1. The smallest absolute Gasteiger partial charge is 0.234 e. The van der Waals surface area contributed by atoms with Crippen LogP contribution in [0.3, 0.4) is 0 Å². The van der Waals surface area contributed by atoms with Crippen LogP contribution in [0.15, 0.2) is 76.0 Å². The maximum absolute atomic E-state index is 12.4. The predicted octanol–water partition coefficient (Wildman–Crippen LogP) is 7.39. The van der Waals surface area contributed by atoms with Gasteiger partial charge in [-0.1, -0.05) is 37.6 Å². The molecule has 0 aliphatic carbocycles. The molecule has 0 aliphatic heterocycles. The fraction of sp³-hybridized carbons (Fsp3) is 0.200. The van der Waals surface area contributed by atoms with Gasteiger partial charge in [0.25, 0.3) is 0 Å². The molecule has 31 heavy (non-hydrogen) atoms. The molecule has 3 aromatic carbocycles. The molecule has 6 heteroatoms. The number of halogens is 1. The van der Waals surface area contributed by atoms with E-state index >= 15 is 0 Å². The number of oxazole rings is 1. The lowest BCUT2D eigenvalue weighted by atomic mass is 9.98. The molecule has 4 nitrogen and oxygen atoms in total. The van der Waals surface area contributed by atoms with Gasteiger partial charge in [-0.3, -0.25) is 4.79 Å². The van der Waals surface area contributed by atoms with Crippen molar-refractivity contribution in [1.29, 1.82) is 0 Å². The normalized spacial score (nSPS) is 12.1. The summed E-state index contributed by atoms with van der Waals surface area (Å²) in [6, 6.07) is 21.2. The van der Waals surface area contributed by atoms with Gasteiger partial charge >= 0.3 is 0 Å². The number of rotatable bonds is 7. The number of fused-ring (bicyclic) bond motifs is 1. The molecule has 0 saturated carbocycles. The van der Waals surface area contributed by atoms with Crippen LogP contribution in [0.1, 0.15) is 31.7 Å². The lowest BCUT2D eigenvalue weighted by Crippen LogP contribution is -2.13. The number of aromatic nitrogens is 1. The summed E-state index contributed by atoms with van der Waals surface area (Å²) in [7, 11) is 0. The van der Waals surface area contributed by atoms with Gasteiger partial charge in [-0.2, -0.15) is 0 Å². The zero-order valence-electron chi connectivity index (χ0n) is 17.4. The molecule has 1 amide bonds. The molecule has 0 radical (unpaired) electrons. The van der Waals surface area contributed by atoms with Crippen molar-refractivity contribution in [2.45, 2.75) is 31.1 Å². The van der Waals surface area contributed by atoms with Gasteiger partial charge in [-0.25, -0.2) is 4.98 Å². The number of benzene rings is 3. The molecule has 1 heterocycles. The van der Waals surface area contributed by atoms with Crippen molar-refractivity contribution in [1.82, 2.24) is 4.98 Å². The van der Waals surface area contributed by atoms with Crippen LogP contribution in [-0.4, -0.2) is 16.6 Å². The maximum atomic E-state index is 12.4. The van der Waals surface area contributed by atoms with E-state index in [0.717, 1.165) is 28.0 Å². The van der Waals surface area contributed by atoms with Crippen LogP contribution in [0.25, 0.3) is 22.6 Å². The fourth-order valence-corrected chi connectivity index (χ4v) is 4.04. The summed E-state index contributed by atoms with van der Waals surface area (Å²) in [5, 5.41) is 3.63. The van der Waals surface area contributed by atoms with Crippen molar-refractivity contribution in [2.24, 2.45) is 0 Å². The van der Waals surface area contributed by atoms with E-state index in [2.05, 4.69) is 36.3 Å². The zero-order chi connectivity index (χ0) is 21.8. The summed E-state index contributed by atoms with van der Waals surface area (Å²) in [6.45, 7) is 4.39. The first-order valence-corrected chi connectivity index (χ1v) is 11.6. The van der Waals surface area contributed by atoms with Crippen molar-refractivity contribution in [3.8, 4) is 11.5 Å². The molecule has 0 bridgehead atoms. The van der Waals surface area contributed by atoms with Crippen molar-refractivity contribution in [3.05, 3.63) is 77.3 Å². The minimum absolute atomic E-state index is 0.0761. The molecule has 1 unspecified atom stereocenters. The molecular weight excluding hydrogens is 428 g/mol. The average molecular weight is 451 g/mol. The Kier molecular flexibility index (Phi) is 6.64. The molecule has 1 aromatic heterocycles. The van der Waals surface area contributed by atoms with Crippen LogP contribution in [0.2, 0.25) is 5.02 Å². The third kappa shape index (κ3) is 5.30. The molecular formula is C25H23ClN2O2S. The van der Waals surface area contributed by atoms with Crippen LogP contribution >= 0.6 is 23.4 Å². The molecule has 1 N–H and O–H groups in total. The largest absolute Gasteiger partial charge is 0.436 e. The van der Waals surface area contributed by atoms with Crippen LogP contribution in [0.5, 0.6) is 0 Å². The first-order valence-electron chi connectivity index (χ1n) is 10.2. The molecule has 0 aliphatic rings. The number of hydrogen-bond acceptors (Lipinski definition) is 4. The first-order chi connectivity index (χ1) is 15.0. The van der Waals surface area contributed by atoms with Gasteiger partial charge in [0.15, 0.2) is 5.58 Å². The highest BCUT2D eigenvalue weighted by atomic mass is 35.5. The lowest BCUT2D eigenvalue weighted by Gasteiger charge is -2.07. The van der Waals surface area contributed by atoms with Crippen molar-refractivity contribution in [3.63, 3.8) is 0 Å². The van der Waals surface area contributed by atoms with Gasteiger partial charge in [0.05, 0.1) is 5.75 Å². The predicted molar refractivity (Wildman–Crippen MR) is 129 cm³/mol. The third-order valence-corrected chi connectivity index (χ3v) is 6.43. The Bertz CT molecular complexity index is 1200. The van der Waals surface area contributed by atoms with Gasteiger partial charge in [0.2, 0.25) is 11.8 Å². The number of hydrogen-bond donors (Lipinski definition) is 1. The standard InChI is InChI=1S/C25H23ClN2O2S/c1-3-16(2)17-7-12-23-22(14-17)28-25(30-23)18-5-4-6-20(13-18)27-24(29)15-31-21-10-8-19(26)9-11-21/h4-14,16H,3,15H2,1-2H3,(H,27,29). The van der Waals surface area contributed by atoms with Crippen LogP contribution in [0.4, 0.5) is 5.69 Å². The third-order valence-electron chi connectivity index (χ3n) is 5.17. The van der Waals surface area contributed by atoms with E-state index in [1.54, 1.807) is 0 Å². The van der Waals surface area contributed by atoms with Gasteiger partial charge in [0.1, 0.15) is 5.52 Å². The van der Waals surface area contributed by atoms with Gasteiger partial charge < -0.3 is 9.73 Å². The van der Waals surface area contributed by atoms with E-state index in [4.69, 9.17) is 16.0 Å². The maximum Gasteiger partial charge on any atom is 0.234 e. The SMILES string of the molecule is CCC(C)c1ccc2oc(-c3cccc(NC(=O)CSc4ccc(Cl)cc4)c3)nc2c1. The number of carbonyl (C=O) groups is 1. The van der Waals surface area contributed by atoms with Crippen LogP contribution in [-0.2, 0) is 4.79 Å². The van der Waals surface area contributed by atoms with Crippen molar-refractivity contribution in [2.75, 3.05) is 11.1 Å². The Labute approximate surface area is 191 Å². The summed E-state index contributed by atoms with van der Waals surface area (Å²) >= 11 is 7.36. The van der Waals surface area contributed by atoms with E-state index in [1.807, 2.05) is 54.6 Å². The fourth-order valence-electron chi connectivity index (χ4n) is 3.22. The molecule has 4 aromatic rings. The lowest BCUT2D eigenvalue weighted by molar-refractivity contribution is -0.113. The quantitative estimate of drug-likeness (QED) is 0.298. The molecule has 158 valence electrons. The number of thioether (sulfide) groups is 1. The van der Waals surface area contributed by atoms with E-state index in [9.17, 15) is 4.79 Å². The highest BCUT2D eigenvalue weighted by molar-refractivity contribution is 8.00. The van der Waals surface area contributed by atoms with Crippen molar-refractivity contribution >= 4 is 46.1 Å². The zero-order valence-corrected chi connectivity index (χ0v) is 19.0. The minimum Gasteiger partial charge on any atom is -0.436 e. The Morgan fingerprint density at radius 1 is 1.13 bits per heavy atom. The van der Waals surface area contributed by atoms with E-state index < -0.39 is 0 Å². The summed E-state index contributed by atoms with van der Waals surface area (Å²) in [5.74, 6) is 1.26. The second-order valence-electron chi connectivity index (χ2n) is 7.43. The summed E-state index contributed by atoms with van der Waals surface area (Å²) in [4.78, 5) is 18.0. The Balaban J connectivity index is 1.46. The number of amides is 1. The highest BCUT2D eigenvalue weighted by Gasteiger charge is 2.12. The Hall–Kier alpha value is -2.76. The summed E-state index contributed by atoms with van der Waals surface area (Å²) < 4.78 is 5.96. The number of anilines is 1. The topological polar surface area (TPSA) is 55.1 Å². The summed E-state index contributed by atoms with van der Waals surface area (Å²) in [5.41, 5.74) is 4.40. The van der Waals surface area contributed by atoms with Gasteiger partial charge in [0, 0.05) is 21.2 Å². The van der Waals surface area contributed by atoms with Gasteiger partial charge in [-0.05, 0) is 72.5 Å². The van der Waals surface area contributed by atoms with E-state index in [0.29, 0.717) is 28.3 Å². The molecule has 0 spiro atoms. The average Bonchev–Trinajstić information content (AvgIpc) is 3.22. The summed E-state index contributed by atoms with van der Waals surface area (Å²) in [6.07, 6.45) is 1.08. The second-order valence-corrected chi connectivity index (χ2v) is 8.91. The van der Waals surface area contributed by atoms with Crippen LogP contribution < -0.4 is 5.32 Å². The highest BCUT2D eigenvalue weighted by Crippen LogP contribution is 2.29. The first kappa shape index (κ1) is 21.5. The monoisotopic (exact) mass is 450 g/mol.